The predicted molar refractivity (Wildman–Crippen MR) is 79.4 cm³/mol. The summed E-state index contributed by atoms with van der Waals surface area (Å²) >= 11 is 9.16. The van der Waals surface area contributed by atoms with Gasteiger partial charge < -0.3 is 10.1 Å². The normalized spacial score (nSPS) is 10.3. The Bertz CT molecular complexity index is 592. The van der Waals surface area contributed by atoms with Crippen LogP contribution in [0.5, 0.6) is 5.75 Å². The molecule has 2 rings (SSSR count). The van der Waals surface area contributed by atoms with E-state index in [0.717, 1.165) is 15.8 Å². The minimum absolute atomic E-state index is 0.369. The third-order valence-electron chi connectivity index (χ3n) is 2.65. The summed E-state index contributed by atoms with van der Waals surface area (Å²) in [4.78, 5) is 0. The largest absolute Gasteiger partial charge is 0.497 e. The molecule has 0 saturated carbocycles. The van der Waals surface area contributed by atoms with E-state index in [9.17, 15) is 4.39 Å². The van der Waals surface area contributed by atoms with Crippen molar-refractivity contribution in [2.45, 2.75) is 6.54 Å². The van der Waals surface area contributed by atoms with Gasteiger partial charge in [0.15, 0.2) is 0 Å². The van der Waals surface area contributed by atoms with Crippen molar-refractivity contribution >= 4 is 33.2 Å². The third kappa shape index (κ3) is 3.61. The zero-order valence-electron chi connectivity index (χ0n) is 10.2. The molecule has 2 nitrogen and oxygen atoms in total. The van der Waals surface area contributed by atoms with Crippen LogP contribution in [0.15, 0.2) is 40.9 Å². The van der Waals surface area contributed by atoms with E-state index in [1.54, 1.807) is 19.2 Å². The van der Waals surface area contributed by atoms with Crippen LogP contribution in [0.25, 0.3) is 0 Å². The number of ether oxygens (including phenoxy) is 1. The lowest BCUT2D eigenvalue weighted by atomic mass is 10.2. The molecule has 0 unspecified atom stereocenters. The van der Waals surface area contributed by atoms with Crippen LogP contribution in [0.3, 0.4) is 0 Å². The van der Waals surface area contributed by atoms with Crippen LogP contribution in [0.4, 0.5) is 10.1 Å². The summed E-state index contributed by atoms with van der Waals surface area (Å²) in [7, 11) is 1.61. The van der Waals surface area contributed by atoms with Crippen LogP contribution in [0.2, 0.25) is 5.02 Å². The second-order valence-corrected chi connectivity index (χ2v) is 5.23. The van der Waals surface area contributed by atoms with E-state index in [4.69, 9.17) is 16.3 Å². The van der Waals surface area contributed by atoms with Crippen molar-refractivity contribution in [1.82, 2.24) is 0 Å². The number of nitrogens with one attached hydrogen (secondary N) is 1. The van der Waals surface area contributed by atoms with Gasteiger partial charge in [0, 0.05) is 16.0 Å². The molecule has 0 aliphatic rings. The summed E-state index contributed by atoms with van der Waals surface area (Å²) in [6, 6.07) is 10.2. The number of methoxy groups -OCH3 is 1. The maximum absolute atomic E-state index is 13.6. The number of benzene rings is 2. The maximum Gasteiger partial charge on any atom is 0.147 e. The van der Waals surface area contributed by atoms with Gasteiger partial charge in [-0.1, -0.05) is 27.5 Å². The quantitative estimate of drug-likeness (QED) is 0.855. The van der Waals surface area contributed by atoms with Crippen LogP contribution in [-0.2, 0) is 6.54 Å². The number of hydrogen-bond acceptors (Lipinski definition) is 2. The smallest absolute Gasteiger partial charge is 0.147 e. The van der Waals surface area contributed by atoms with E-state index in [-0.39, 0.29) is 5.82 Å². The van der Waals surface area contributed by atoms with E-state index >= 15 is 0 Å². The van der Waals surface area contributed by atoms with Crippen molar-refractivity contribution in [1.29, 1.82) is 0 Å². The topological polar surface area (TPSA) is 21.3 Å². The number of rotatable bonds is 4. The number of hydrogen-bond donors (Lipinski definition) is 1. The Morgan fingerprint density at radius 2 is 2.05 bits per heavy atom. The van der Waals surface area contributed by atoms with Gasteiger partial charge in [-0.3, -0.25) is 0 Å². The molecule has 0 aliphatic carbocycles. The minimum Gasteiger partial charge on any atom is -0.497 e. The molecule has 0 bridgehead atoms. The molecule has 19 heavy (non-hydrogen) atoms. The lowest BCUT2D eigenvalue weighted by Crippen LogP contribution is -2.02. The third-order valence-corrected chi connectivity index (χ3v) is 3.66. The van der Waals surface area contributed by atoms with E-state index in [2.05, 4.69) is 21.2 Å². The highest BCUT2D eigenvalue weighted by Crippen LogP contribution is 2.24. The highest BCUT2D eigenvalue weighted by molar-refractivity contribution is 9.10. The number of halogens is 3. The van der Waals surface area contributed by atoms with Crippen molar-refractivity contribution in [2.75, 3.05) is 12.4 Å². The van der Waals surface area contributed by atoms with Crippen LogP contribution in [0, 0.1) is 5.82 Å². The van der Waals surface area contributed by atoms with Crippen LogP contribution in [0.1, 0.15) is 5.56 Å². The van der Waals surface area contributed by atoms with Gasteiger partial charge in [0.1, 0.15) is 11.6 Å². The average molecular weight is 345 g/mol. The van der Waals surface area contributed by atoms with Crippen LogP contribution < -0.4 is 10.1 Å². The molecule has 1 N–H and O–H groups in total. The Kier molecular flexibility index (Phi) is 4.66. The van der Waals surface area contributed by atoms with Crippen molar-refractivity contribution in [2.24, 2.45) is 0 Å². The summed E-state index contributed by atoms with van der Waals surface area (Å²) in [5, 5.41) is 3.41. The van der Waals surface area contributed by atoms with E-state index < -0.39 is 0 Å². The molecule has 0 heterocycles. The minimum atomic E-state index is -0.369. The predicted octanol–water partition coefficient (Wildman–Crippen LogP) is 4.86. The summed E-state index contributed by atoms with van der Waals surface area (Å²) < 4.78 is 19.7. The summed E-state index contributed by atoms with van der Waals surface area (Å²) in [5.74, 6) is 0.392. The van der Waals surface area contributed by atoms with E-state index in [0.29, 0.717) is 17.3 Å². The first kappa shape index (κ1) is 14.2. The molecule has 5 heteroatoms. The zero-order valence-corrected chi connectivity index (χ0v) is 12.6. The molecule has 2 aromatic rings. The second-order valence-electron chi connectivity index (χ2n) is 3.94. The molecule has 0 amide bonds. The molecule has 2 aromatic carbocycles. The SMILES string of the molecule is COc1ccc(Br)c(CNc2ccc(Cl)cc2F)c1. The molecule has 100 valence electrons. The van der Waals surface area contributed by atoms with Gasteiger partial charge in [-0.05, 0) is 42.0 Å². The second kappa shape index (κ2) is 6.26. The van der Waals surface area contributed by atoms with Gasteiger partial charge in [0.2, 0.25) is 0 Å². The van der Waals surface area contributed by atoms with Gasteiger partial charge >= 0.3 is 0 Å². The fourth-order valence-electron chi connectivity index (χ4n) is 1.64. The Balaban J connectivity index is 2.14. The molecule has 0 saturated heterocycles. The van der Waals surface area contributed by atoms with Gasteiger partial charge in [0.05, 0.1) is 12.8 Å². The van der Waals surface area contributed by atoms with Crippen LogP contribution >= 0.6 is 27.5 Å². The summed E-state index contributed by atoms with van der Waals surface area (Å²) in [6.45, 7) is 0.482. The lowest BCUT2D eigenvalue weighted by molar-refractivity contribution is 0.414. The van der Waals surface area contributed by atoms with Crippen LogP contribution in [-0.4, -0.2) is 7.11 Å². The number of anilines is 1. The fourth-order valence-corrected chi connectivity index (χ4v) is 2.18. The Morgan fingerprint density at radius 1 is 1.26 bits per heavy atom. The Morgan fingerprint density at radius 3 is 2.74 bits per heavy atom. The molecular formula is C14H12BrClFNO. The van der Waals surface area contributed by atoms with Gasteiger partial charge in [-0.25, -0.2) is 4.39 Å². The highest BCUT2D eigenvalue weighted by Gasteiger charge is 2.05. The maximum atomic E-state index is 13.6. The molecule has 0 spiro atoms. The van der Waals surface area contributed by atoms with Crippen molar-refractivity contribution in [3.63, 3.8) is 0 Å². The highest BCUT2D eigenvalue weighted by atomic mass is 79.9. The first-order valence-electron chi connectivity index (χ1n) is 5.61. The van der Waals surface area contributed by atoms with Gasteiger partial charge in [0.25, 0.3) is 0 Å². The fraction of sp³-hybridized carbons (Fsp3) is 0.143. The monoisotopic (exact) mass is 343 g/mol. The van der Waals surface area contributed by atoms with Crippen molar-refractivity contribution in [3.8, 4) is 5.75 Å². The Hall–Kier alpha value is -1.26. The average Bonchev–Trinajstić information content (AvgIpc) is 2.39. The zero-order chi connectivity index (χ0) is 13.8. The van der Waals surface area contributed by atoms with E-state index in [1.165, 1.54) is 6.07 Å². The van der Waals surface area contributed by atoms with Crippen molar-refractivity contribution < 1.29 is 9.13 Å². The van der Waals surface area contributed by atoms with Crippen molar-refractivity contribution in [3.05, 3.63) is 57.3 Å². The molecule has 0 aliphatic heterocycles. The first-order valence-corrected chi connectivity index (χ1v) is 6.78. The molecule has 0 radical (unpaired) electrons. The van der Waals surface area contributed by atoms with Gasteiger partial charge in [-0.2, -0.15) is 0 Å². The Labute approximate surface area is 124 Å². The molecular weight excluding hydrogens is 333 g/mol. The summed E-state index contributed by atoms with van der Waals surface area (Å²) in [5.41, 5.74) is 1.40. The first-order chi connectivity index (χ1) is 9.10. The molecule has 0 fully saturated rings. The van der Waals surface area contributed by atoms with Gasteiger partial charge in [-0.15, -0.1) is 0 Å². The molecule has 0 atom stereocenters. The molecule has 0 aromatic heterocycles. The standard InChI is InChI=1S/C14H12BrClFNO/c1-19-11-3-4-12(15)9(6-11)8-18-14-5-2-10(16)7-13(14)17/h2-7,18H,8H2,1H3. The summed E-state index contributed by atoms with van der Waals surface area (Å²) in [6.07, 6.45) is 0. The van der Waals surface area contributed by atoms with E-state index in [1.807, 2.05) is 18.2 Å². The lowest BCUT2D eigenvalue weighted by Gasteiger charge is -2.10.